The molecule has 0 aliphatic carbocycles. The molecule has 0 heterocycles. The van der Waals surface area contributed by atoms with Crippen LogP contribution in [-0.2, 0) is 16.5 Å². The SMILES string of the molecule is CCCCCCCCCCCCCCCCc1c(C)c(C)c(C)c(S(=O)(=O)O)c1C.N. The summed E-state index contributed by atoms with van der Waals surface area (Å²) in [5.74, 6) is 0. The van der Waals surface area contributed by atoms with E-state index in [2.05, 4.69) is 13.8 Å². The second-order valence-electron chi connectivity index (χ2n) is 9.13. The lowest BCUT2D eigenvalue weighted by Gasteiger charge is -2.19. The van der Waals surface area contributed by atoms with E-state index in [0.717, 1.165) is 29.5 Å². The van der Waals surface area contributed by atoms with Gasteiger partial charge in [-0.3, -0.25) is 4.55 Å². The summed E-state index contributed by atoms with van der Waals surface area (Å²) >= 11 is 0. The lowest BCUT2D eigenvalue weighted by Crippen LogP contribution is -2.10. The van der Waals surface area contributed by atoms with E-state index >= 15 is 0 Å². The molecule has 0 aromatic heterocycles. The van der Waals surface area contributed by atoms with Gasteiger partial charge in [-0.1, -0.05) is 90.4 Å². The fraction of sp³-hybridized carbons (Fsp3) is 0.769. The molecular formula is C26H49NO3S. The monoisotopic (exact) mass is 455 g/mol. The summed E-state index contributed by atoms with van der Waals surface area (Å²) in [5, 5.41) is 0. The average Bonchev–Trinajstić information content (AvgIpc) is 2.67. The van der Waals surface area contributed by atoms with Gasteiger partial charge in [-0.2, -0.15) is 8.42 Å². The van der Waals surface area contributed by atoms with Crippen LogP contribution in [-0.4, -0.2) is 13.0 Å². The molecule has 0 fully saturated rings. The average molecular weight is 456 g/mol. The van der Waals surface area contributed by atoms with Crippen molar-refractivity contribution in [3.8, 4) is 0 Å². The zero-order valence-electron chi connectivity index (χ0n) is 21.0. The van der Waals surface area contributed by atoms with Crippen LogP contribution < -0.4 is 6.15 Å². The second-order valence-corrected chi connectivity index (χ2v) is 10.5. The molecule has 0 radical (unpaired) electrons. The van der Waals surface area contributed by atoms with Gasteiger partial charge in [-0.25, -0.2) is 0 Å². The molecule has 1 aromatic carbocycles. The maximum absolute atomic E-state index is 11.8. The third-order valence-corrected chi connectivity index (χ3v) is 7.88. The quantitative estimate of drug-likeness (QED) is 0.193. The van der Waals surface area contributed by atoms with Crippen LogP contribution in [0.3, 0.4) is 0 Å². The fourth-order valence-electron chi connectivity index (χ4n) is 4.64. The predicted octanol–water partition coefficient (Wildman–Crippen LogP) is 8.35. The Balaban J connectivity index is 0.00000900. The first kappa shape index (κ1) is 30.1. The third kappa shape index (κ3) is 10.5. The van der Waals surface area contributed by atoms with Crippen LogP contribution in [0.2, 0.25) is 0 Å². The standard InChI is InChI=1S/C26H46O3S.H3N/c1-6-7-8-9-10-11-12-13-14-15-16-17-18-19-20-25-22(3)21(2)23(4)26(24(25)5)30(27,28)29;/h6-20H2,1-5H3,(H,27,28,29);1H3. The Labute approximate surface area is 192 Å². The van der Waals surface area contributed by atoms with E-state index < -0.39 is 10.1 Å². The molecule has 0 amide bonds. The summed E-state index contributed by atoms with van der Waals surface area (Å²) in [6, 6.07) is 0. The van der Waals surface area contributed by atoms with E-state index in [0.29, 0.717) is 5.56 Å². The molecule has 4 N–H and O–H groups in total. The van der Waals surface area contributed by atoms with Crippen molar-refractivity contribution in [3.63, 3.8) is 0 Å². The smallest absolute Gasteiger partial charge is 0.295 e. The highest BCUT2D eigenvalue weighted by molar-refractivity contribution is 7.86. The molecule has 0 atom stereocenters. The van der Waals surface area contributed by atoms with Gasteiger partial charge in [0, 0.05) is 0 Å². The number of unbranched alkanes of at least 4 members (excludes halogenated alkanes) is 13. The van der Waals surface area contributed by atoms with Crippen molar-refractivity contribution in [1.29, 1.82) is 0 Å². The number of rotatable bonds is 16. The van der Waals surface area contributed by atoms with Gasteiger partial charge in [0.25, 0.3) is 10.1 Å². The molecule has 0 aliphatic heterocycles. The van der Waals surface area contributed by atoms with Crippen LogP contribution in [0.4, 0.5) is 0 Å². The lowest BCUT2D eigenvalue weighted by molar-refractivity contribution is 0.481. The van der Waals surface area contributed by atoms with Gasteiger partial charge in [0.1, 0.15) is 4.90 Å². The topological polar surface area (TPSA) is 89.4 Å². The zero-order valence-corrected chi connectivity index (χ0v) is 21.8. The summed E-state index contributed by atoms with van der Waals surface area (Å²) in [6.45, 7) is 9.91. The second kappa shape index (κ2) is 15.8. The van der Waals surface area contributed by atoms with Gasteiger partial charge in [-0.05, 0) is 68.4 Å². The Morgan fingerprint density at radius 3 is 1.35 bits per heavy atom. The fourth-order valence-corrected chi connectivity index (χ4v) is 5.69. The normalized spacial score (nSPS) is 11.5. The molecule has 1 aromatic rings. The van der Waals surface area contributed by atoms with E-state index in [4.69, 9.17) is 0 Å². The molecular weight excluding hydrogens is 406 g/mol. The summed E-state index contributed by atoms with van der Waals surface area (Å²) in [4.78, 5) is 0.117. The minimum absolute atomic E-state index is 0. The van der Waals surface area contributed by atoms with Crippen molar-refractivity contribution in [2.24, 2.45) is 0 Å². The van der Waals surface area contributed by atoms with Gasteiger partial charge >= 0.3 is 0 Å². The summed E-state index contributed by atoms with van der Waals surface area (Å²) < 4.78 is 33.4. The Kier molecular flexibility index (Phi) is 15.4. The van der Waals surface area contributed by atoms with Gasteiger partial charge in [0.15, 0.2) is 0 Å². The maximum atomic E-state index is 11.8. The van der Waals surface area contributed by atoms with Crippen LogP contribution in [0.25, 0.3) is 0 Å². The minimum atomic E-state index is -4.18. The van der Waals surface area contributed by atoms with E-state index in [1.165, 1.54) is 89.0 Å². The molecule has 0 spiro atoms. The Morgan fingerprint density at radius 1 is 0.581 bits per heavy atom. The first-order valence-electron chi connectivity index (χ1n) is 12.3. The number of hydrogen-bond donors (Lipinski definition) is 2. The number of hydrogen-bond acceptors (Lipinski definition) is 3. The van der Waals surface area contributed by atoms with Gasteiger partial charge in [-0.15, -0.1) is 0 Å². The summed E-state index contributed by atoms with van der Waals surface area (Å²) in [6.07, 6.45) is 19.6. The molecule has 4 nitrogen and oxygen atoms in total. The molecule has 1 rings (SSSR count). The highest BCUT2D eigenvalue weighted by atomic mass is 32.2. The van der Waals surface area contributed by atoms with Crippen LogP contribution >= 0.6 is 0 Å². The van der Waals surface area contributed by atoms with Crippen molar-refractivity contribution < 1.29 is 13.0 Å². The van der Waals surface area contributed by atoms with E-state index in [1.54, 1.807) is 6.92 Å². The van der Waals surface area contributed by atoms with Crippen LogP contribution in [0.5, 0.6) is 0 Å². The van der Waals surface area contributed by atoms with E-state index in [1.807, 2.05) is 13.8 Å². The number of benzene rings is 1. The summed E-state index contributed by atoms with van der Waals surface area (Å²) in [7, 11) is -4.18. The van der Waals surface area contributed by atoms with Gasteiger partial charge < -0.3 is 6.15 Å². The molecule has 0 saturated carbocycles. The van der Waals surface area contributed by atoms with E-state index in [-0.39, 0.29) is 11.0 Å². The van der Waals surface area contributed by atoms with Crippen molar-refractivity contribution in [2.45, 2.75) is 136 Å². The third-order valence-electron chi connectivity index (χ3n) is 6.75. The zero-order chi connectivity index (χ0) is 22.6. The minimum Gasteiger partial charge on any atom is -0.344 e. The maximum Gasteiger partial charge on any atom is 0.295 e. The largest absolute Gasteiger partial charge is 0.344 e. The summed E-state index contributed by atoms with van der Waals surface area (Å²) in [5.41, 5.74) is 4.66. The van der Waals surface area contributed by atoms with Crippen molar-refractivity contribution in [2.75, 3.05) is 0 Å². The van der Waals surface area contributed by atoms with Crippen molar-refractivity contribution in [1.82, 2.24) is 6.15 Å². The van der Waals surface area contributed by atoms with Crippen LogP contribution in [0, 0.1) is 27.7 Å². The highest BCUT2D eigenvalue weighted by Crippen LogP contribution is 2.31. The Hall–Kier alpha value is -0.910. The molecule has 182 valence electrons. The molecule has 0 aliphatic rings. The van der Waals surface area contributed by atoms with E-state index in [9.17, 15) is 13.0 Å². The molecule has 0 unspecified atom stereocenters. The van der Waals surface area contributed by atoms with Crippen LogP contribution in [0.1, 0.15) is 125 Å². The molecule has 5 heteroatoms. The molecule has 0 saturated heterocycles. The lowest BCUT2D eigenvalue weighted by atomic mass is 9.91. The van der Waals surface area contributed by atoms with Gasteiger partial charge in [0.05, 0.1) is 0 Å². The predicted molar refractivity (Wildman–Crippen MR) is 134 cm³/mol. The van der Waals surface area contributed by atoms with Crippen molar-refractivity contribution >= 4 is 10.1 Å². The Morgan fingerprint density at radius 2 is 0.968 bits per heavy atom. The molecule has 0 bridgehead atoms. The first-order valence-corrected chi connectivity index (χ1v) is 13.7. The Bertz CT molecular complexity index is 742. The first-order chi connectivity index (χ1) is 14.2. The van der Waals surface area contributed by atoms with Crippen LogP contribution in [0.15, 0.2) is 4.90 Å². The van der Waals surface area contributed by atoms with Crippen molar-refractivity contribution in [3.05, 3.63) is 27.8 Å². The van der Waals surface area contributed by atoms with Gasteiger partial charge in [0.2, 0.25) is 0 Å². The highest BCUT2D eigenvalue weighted by Gasteiger charge is 2.22. The molecule has 31 heavy (non-hydrogen) atoms.